The Bertz CT molecular complexity index is 427. The van der Waals surface area contributed by atoms with E-state index >= 15 is 0 Å². The van der Waals surface area contributed by atoms with E-state index in [2.05, 4.69) is 5.16 Å². The van der Waals surface area contributed by atoms with Gasteiger partial charge in [-0.15, -0.1) is 0 Å². The number of hydrogen-bond donors (Lipinski definition) is 0. The first-order valence-corrected chi connectivity index (χ1v) is 5.46. The molecule has 6 heteroatoms. The summed E-state index contributed by atoms with van der Waals surface area (Å²) in [4.78, 5) is 24.7. The van der Waals surface area contributed by atoms with Gasteiger partial charge >= 0.3 is 0 Å². The second-order valence-electron chi connectivity index (χ2n) is 3.98. The molecule has 0 saturated carbocycles. The Kier molecular flexibility index (Phi) is 3.53. The number of Topliss-reactive ketones (excluding diaryl/α,β-unsaturated/α-hetero) is 1. The van der Waals surface area contributed by atoms with Crippen LogP contribution in [0, 0.1) is 0 Å². The number of carbonyl (C=O) groups is 2. The van der Waals surface area contributed by atoms with Gasteiger partial charge in [0.15, 0.2) is 17.2 Å². The predicted molar refractivity (Wildman–Crippen MR) is 57.4 cm³/mol. The molecule has 92 valence electrons. The third-order valence-electron chi connectivity index (χ3n) is 2.60. The summed E-state index contributed by atoms with van der Waals surface area (Å²) in [5.41, 5.74) is 0.228. The van der Waals surface area contributed by atoms with Crippen LogP contribution < -0.4 is 0 Å². The molecule has 2 heterocycles. The largest absolute Gasteiger partial charge is 0.377 e. The molecule has 0 aromatic carbocycles. The number of piperidine rings is 1. The molecule has 1 fully saturated rings. The Balaban J connectivity index is 2.05. The highest BCUT2D eigenvalue weighted by atomic mass is 16.5. The summed E-state index contributed by atoms with van der Waals surface area (Å²) in [5.74, 6) is 0.327. The lowest BCUT2D eigenvalue weighted by Gasteiger charge is -2.24. The molecule has 2 rings (SSSR count). The zero-order valence-electron chi connectivity index (χ0n) is 9.64. The summed E-state index contributed by atoms with van der Waals surface area (Å²) in [5, 5.41) is 3.68. The fraction of sp³-hybridized carbons (Fsp3) is 0.545. The molecule has 1 aliphatic rings. The van der Waals surface area contributed by atoms with E-state index in [9.17, 15) is 9.59 Å². The van der Waals surface area contributed by atoms with Gasteiger partial charge in [0.1, 0.15) is 6.61 Å². The van der Waals surface area contributed by atoms with Crippen LogP contribution in [0.4, 0.5) is 0 Å². The van der Waals surface area contributed by atoms with Crippen molar-refractivity contribution in [3.63, 3.8) is 0 Å². The first kappa shape index (κ1) is 11.8. The van der Waals surface area contributed by atoms with E-state index in [4.69, 9.17) is 9.26 Å². The van der Waals surface area contributed by atoms with Gasteiger partial charge in [0.25, 0.3) is 5.91 Å². The topological polar surface area (TPSA) is 72.6 Å². The third kappa shape index (κ3) is 2.71. The van der Waals surface area contributed by atoms with Crippen LogP contribution >= 0.6 is 0 Å². The Morgan fingerprint density at radius 1 is 1.65 bits per heavy atom. The molecule has 0 radical (unpaired) electrons. The zero-order valence-corrected chi connectivity index (χ0v) is 9.64. The number of rotatable bonds is 3. The standard InChI is InChI=1S/C11H14N2O4/c1-16-7-9-5-10(12-17-9)11(15)13-4-2-3-8(14)6-13/h5H,2-4,6-7H2,1H3. The van der Waals surface area contributed by atoms with Gasteiger partial charge in [-0.25, -0.2) is 0 Å². The van der Waals surface area contributed by atoms with E-state index < -0.39 is 0 Å². The first-order chi connectivity index (χ1) is 8.20. The molecule has 17 heavy (non-hydrogen) atoms. The smallest absolute Gasteiger partial charge is 0.276 e. The van der Waals surface area contributed by atoms with Crippen LogP contribution in [0.3, 0.4) is 0 Å². The number of carbonyl (C=O) groups excluding carboxylic acids is 2. The number of likely N-dealkylation sites (tertiary alicyclic amines) is 1. The Morgan fingerprint density at radius 2 is 2.47 bits per heavy atom. The van der Waals surface area contributed by atoms with Crippen molar-refractivity contribution in [3.8, 4) is 0 Å². The maximum atomic E-state index is 12.0. The minimum absolute atomic E-state index is 0.0882. The monoisotopic (exact) mass is 238 g/mol. The highest BCUT2D eigenvalue weighted by molar-refractivity contribution is 5.95. The van der Waals surface area contributed by atoms with Crippen LogP contribution in [-0.2, 0) is 16.1 Å². The highest BCUT2D eigenvalue weighted by Crippen LogP contribution is 2.12. The average Bonchev–Trinajstić information content (AvgIpc) is 2.77. The third-order valence-corrected chi connectivity index (χ3v) is 2.60. The molecular formula is C11H14N2O4. The van der Waals surface area contributed by atoms with Gasteiger partial charge in [-0.2, -0.15) is 0 Å². The molecule has 1 aromatic rings. The van der Waals surface area contributed by atoms with Crippen LogP contribution in [0.2, 0.25) is 0 Å². The normalized spacial score (nSPS) is 16.3. The molecule has 0 N–H and O–H groups in total. The van der Waals surface area contributed by atoms with Gasteiger partial charge in [0.2, 0.25) is 0 Å². The highest BCUT2D eigenvalue weighted by Gasteiger charge is 2.24. The van der Waals surface area contributed by atoms with Crippen LogP contribution in [0.5, 0.6) is 0 Å². The average molecular weight is 238 g/mol. The molecule has 6 nitrogen and oxygen atoms in total. The van der Waals surface area contributed by atoms with Crippen molar-refractivity contribution >= 4 is 11.7 Å². The summed E-state index contributed by atoms with van der Waals surface area (Å²) in [6.45, 7) is 1.04. The molecule has 0 spiro atoms. The van der Waals surface area contributed by atoms with Gasteiger partial charge < -0.3 is 14.2 Å². The van der Waals surface area contributed by atoms with E-state index in [0.717, 1.165) is 0 Å². The van der Waals surface area contributed by atoms with Crippen LogP contribution in [0.15, 0.2) is 10.6 Å². The molecule has 0 aliphatic carbocycles. The van der Waals surface area contributed by atoms with Crippen LogP contribution in [0.1, 0.15) is 29.1 Å². The molecule has 0 unspecified atom stereocenters. The quantitative estimate of drug-likeness (QED) is 0.772. The van der Waals surface area contributed by atoms with Crippen molar-refractivity contribution < 1.29 is 18.8 Å². The predicted octanol–water partition coefficient (Wildman–Crippen LogP) is 0.626. The summed E-state index contributed by atoms with van der Waals surface area (Å²) >= 11 is 0. The van der Waals surface area contributed by atoms with Gasteiger partial charge in [0.05, 0.1) is 6.54 Å². The Hall–Kier alpha value is -1.69. The number of ether oxygens (including phenoxy) is 1. The molecule has 0 atom stereocenters. The van der Waals surface area contributed by atoms with Crippen molar-refractivity contribution in [2.45, 2.75) is 19.4 Å². The summed E-state index contributed by atoms with van der Waals surface area (Å²) in [6.07, 6.45) is 1.27. The maximum absolute atomic E-state index is 12.0. The Morgan fingerprint density at radius 3 is 3.18 bits per heavy atom. The van der Waals surface area contributed by atoms with Crippen molar-refractivity contribution in [1.29, 1.82) is 0 Å². The molecular weight excluding hydrogens is 224 g/mol. The minimum Gasteiger partial charge on any atom is -0.377 e. The van der Waals surface area contributed by atoms with E-state index in [1.165, 1.54) is 12.0 Å². The Labute approximate surface area is 98.5 Å². The van der Waals surface area contributed by atoms with Gasteiger partial charge in [0, 0.05) is 26.1 Å². The number of aromatic nitrogens is 1. The minimum atomic E-state index is -0.260. The van der Waals surface area contributed by atoms with Crippen molar-refractivity contribution in [1.82, 2.24) is 10.1 Å². The summed E-state index contributed by atoms with van der Waals surface area (Å²) in [7, 11) is 1.54. The fourth-order valence-electron chi connectivity index (χ4n) is 1.80. The number of ketones is 1. The molecule has 1 aromatic heterocycles. The van der Waals surface area contributed by atoms with Gasteiger partial charge in [-0.05, 0) is 6.42 Å². The number of nitrogens with zero attached hydrogens (tertiary/aromatic N) is 2. The van der Waals surface area contributed by atoms with Crippen molar-refractivity contribution in [2.24, 2.45) is 0 Å². The van der Waals surface area contributed by atoms with Gasteiger partial charge in [-0.3, -0.25) is 9.59 Å². The zero-order chi connectivity index (χ0) is 12.3. The number of amides is 1. The SMILES string of the molecule is COCc1cc(C(=O)N2CCCC(=O)C2)no1. The van der Waals surface area contributed by atoms with Crippen molar-refractivity contribution in [2.75, 3.05) is 20.2 Å². The van der Waals surface area contributed by atoms with Crippen molar-refractivity contribution in [3.05, 3.63) is 17.5 Å². The first-order valence-electron chi connectivity index (χ1n) is 5.46. The molecule has 0 bridgehead atoms. The van der Waals surface area contributed by atoms with Crippen LogP contribution in [0.25, 0.3) is 0 Å². The van der Waals surface area contributed by atoms with Gasteiger partial charge in [-0.1, -0.05) is 5.16 Å². The summed E-state index contributed by atoms with van der Waals surface area (Å²) in [6, 6.07) is 1.55. The summed E-state index contributed by atoms with van der Waals surface area (Å²) < 4.78 is 9.81. The molecule has 1 aliphatic heterocycles. The molecule has 1 amide bonds. The fourth-order valence-corrected chi connectivity index (χ4v) is 1.80. The lowest BCUT2D eigenvalue weighted by Crippen LogP contribution is -2.40. The lowest BCUT2D eigenvalue weighted by atomic mass is 10.1. The lowest BCUT2D eigenvalue weighted by molar-refractivity contribution is -0.121. The maximum Gasteiger partial charge on any atom is 0.276 e. The van der Waals surface area contributed by atoms with E-state index in [0.29, 0.717) is 25.1 Å². The van der Waals surface area contributed by atoms with E-state index in [1.54, 1.807) is 6.07 Å². The number of hydrogen-bond acceptors (Lipinski definition) is 5. The second-order valence-corrected chi connectivity index (χ2v) is 3.98. The van der Waals surface area contributed by atoms with Crippen LogP contribution in [-0.4, -0.2) is 41.9 Å². The van der Waals surface area contributed by atoms with E-state index in [-0.39, 0.29) is 30.5 Å². The molecule has 1 saturated heterocycles. The number of methoxy groups -OCH3 is 1. The van der Waals surface area contributed by atoms with E-state index in [1.807, 2.05) is 0 Å². The second kappa shape index (κ2) is 5.09.